The molecule has 7 nitrogen and oxygen atoms in total. The standard InChI is InChI=1S/C12H16N2O5S/c1-9(15)11-8-10(4-5-12(11)14(16)17)13(2)6-7-20(3,18)19/h4-5,8H,6-7H2,1-3H3. The molecule has 0 aliphatic carbocycles. The third-order valence-electron chi connectivity index (χ3n) is 2.79. The molecule has 0 aliphatic rings. The quantitative estimate of drug-likeness (QED) is 0.446. The van der Waals surface area contributed by atoms with E-state index in [-0.39, 0.29) is 23.5 Å². The summed E-state index contributed by atoms with van der Waals surface area (Å²) in [7, 11) is -1.43. The van der Waals surface area contributed by atoms with Gasteiger partial charge in [0.1, 0.15) is 9.84 Å². The largest absolute Gasteiger partial charge is 0.374 e. The fourth-order valence-corrected chi connectivity index (χ4v) is 2.24. The van der Waals surface area contributed by atoms with Gasteiger partial charge in [0, 0.05) is 31.6 Å². The first-order chi connectivity index (χ1) is 9.11. The Balaban J connectivity index is 3.06. The Hall–Kier alpha value is -1.96. The van der Waals surface area contributed by atoms with Gasteiger partial charge in [-0.15, -0.1) is 0 Å². The van der Waals surface area contributed by atoms with Crippen molar-refractivity contribution in [3.05, 3.63) is 33.9 Å². The monoisotopic (exact) mass is 300 g/mol. The molecule has 8 heteroatoms. The van der Waals surface area contributed by atoms with Crippen molar-refractivity contribution in [1.29, 1.82) is 0 Å². The summed E-state index contributed by atoms with van der Waals surface area (Å²) in [5.41, 5.74) is 0.320. The Morgan fingerprint density at radius 2 is 2.00 bits per heavy atom. The van der Waals surface area contributed by atoms with Crippen LogP contribution in [-0.2, 0) is 9.84 Å². The molecular weight excluding hydrogens is 284 g/mol. The summed E-state index contributed by atoms with van der Waals surface area (Å²) in [4.78, 5) is 23.3. The number of sulfone groups is 1. The van der Waals surface area contributed by atoms with Crippen molar-refractivity contribution < 1.29 is 18.1 Å². The molecule has 1 aromatic carbocycles. The van der Waals surface area contributed by atoms with E-state index in [2.05, 4.69) is 0 Å². The molecule has 0 spiro atoms. The summed E-state index contributed by atoms with van der Waals surface area (Å²) in [5.74, 6) is -0.439. The third-order valence-corrected chi connectivity index (χ3v) is 3.72. The second-order valence-electron chi connectivity index (χ2n) is 4.57. The van der Waals surface area contributed by atoms with Crippen LogP contribution >= 0.6 is 0 Å². The SMILES string of the molecule is CC(=O)c1cc(N(C)CCS(C)(=O)=O)ccc1[N+](=O)[O-]. The minimum atomic E-state index is -3.09. The van der Waals surface area contributed by atoms with Crippen LogP contribution in [0.3, 0.4) is 0 Å². The van der Waals surface area contributed by atoms with Gasteiger partial charge in [-0.05, 0) is 19.1 Å². The molecule has 20 heavy (non-hydrogen) atoms. The van der Waals surface area contributed by atoms with E-state index in [0.29, 0.717) is 5.69 Å². The van der Waals surface area contributed by atoms with Gasteiger partial charge in [0.2, 0.25) is 0 Å². The van der Waals surface area contributed by atoms with Crippen LogP contribution in [0, 0.1) is 10.1 Å². The summed E-state index contributed by atoms with van der Waals surface area (Å²) < 4.78 is 22.2. The van der Waals surface area contributed by atoms with Crippen LogP contribution in [0.4, 0.5) is 11.4 Å². The van der Waals surface area contributed by atoms with Crippen molar-refractivity contribution in [2.45, 2.75) is 6.92 Å². The maximum atomic E-state index is 11.4. The number of nitrogens with zero attached hydrogens (tertiary/aromatic N) is 2. The molecule has 0 saturated heterocycles. The summed E-state index contributed by atoms with van der Waals surface area (Å²) >= 11 is 0. The van der Waals surface area contributed by atoms with E-state index in [1.807, 2.05) is 0 Å². The van der Waals surface area contributed by atoms with Gasteiger partial charge in [-0.2, -0.15) is 0 Å². The first-order valence-corrected chi connectivity index (χ1v) is 7.86. The number of rotatable bonds is 6. The average molecular weight is 300 g/mol. The van der Waals surface area contributed by atoms with Crippen LogP contribution in [0.2, 0.25) is 0 Å². The van der Waals surface area contributed by atoms with E-state index in [1.54, 1.807) is 11.9 Å². The lowest BCUT2D eigenvalue weighted by molar-refractivity contribution is -0.385. The maximum absolute atomic E-state index is 11.4. The maximum Gasteiger partial charge on any atom is 0.280 e. The van der Waals surface area contributed by atoms with E-state index in [0.717, 1.165) is 6.26 Å². The molecule has 0 N–H and O–H groups in total. The normalized spacial score (nSPS) is 11.2. The van der Waals surface area contributed by atoms with Gasteiger partial charge in [0.25, 0.3) is 5.69 Å². The second-order valence-corrected chi connectivity index (χ2v) is 6.83. The molecule has 0 heterocycles. The highest BCUT2D eigenvalue weighted by Crippen LogP contribution is 2.24. The highest BCUT2D eigenvalue weighted by Gasteiger charge is 2.18. The van der Waals surface area contributed by atoms with Crippen molar-refractivity contribution >= 4 is 27.0 Å². The van der Waals surface area contributed by atoms with Gasteiger partial charge < -0.3 is 4.90 Å². The zero-order valence-corrected chi connectivity index (χ0v) is 12.3. The highest BCUT2D eigenvalue weighted by molar-refractivity contribution is 7.90. The molecule has 1 aromatic rings. The summed E-state index contributed by atoms with van der Waals surface area (Å²) in [6.45, 7) is 1.50. The van der Waals surface area contributed by atoms with Crippen molar-refractivity contribution in [3.63, 3.8) is 0 Å². The number of nitro groups is 1. The third kappa shape index (κ3) is 4.30. The number of benzene rings is 1. The molecule has 0 amide bonds. The topological polar surface area (TPSA) is 97.6 Å². The van der Waals surface area contributed by atoms with Crippen LogP contribution in [-0.4, -0.2) is 44.7 Å². The number of hydrogen-bond donors (Lipinski definition) is 0. The van der Waals surface area contributed by atoms with E-state index in [1.165, 1.54) is 25.1 Å². The Kier molecular flexibility index (Phi) is 4.83. The minimum absolute atomic E-state index is 0.0127. The fraction of sp³-hybridized carbons (Fsp3) is 0.417. The minimum Gasteiger partial charge on any atom is -0.374 e. The van der Waals surface area contributed by atoms with Crippen LogP contribution in [0.25, 0.3) is 0 Å². The predicted molar refractivity (Wildman–Crippen MR) is 76.1 cm³/mol. The second kappa shape index (κ2) is 6.00. The van der Waals surface area contributed by atoms with Crippen LogP contribution in [0.1, 0.15) is 17.3 Å². The van der Waals surface area contributed by atoms with E-state index in [9.17, 15) is 23.3 Å². The highest BCUT2D eigenvalue weighted by atomic mass is 32.2. The molecule has 0 atom stereocenters. The van der Waals surface area contributed by atoms with Gasteiger partial charge in [-0.3, -0.25) is 14.9 Å². The van der Waals surface area contributed by atoms with Gasteiger partial charge in [0.15, 0.2) is 5.78 Å². The number of Topliss-reactive ketones (excluding diaryl/α,β-unsaturated/α-hetero) is 1. The van der Waals surface area contributed by atoms with Gasteiger partial charge in [0.05, 0.1) is 16.2 Å². The lowest BCUT2D eigenvalue weighted by Gasteiger charge is -2.19. The number of hydrogen-bond acceptors (Lipinski definition) is 6. The van der Waals surface area contributed by atoms with Crippen molar-refractivity contribution in [3.8, 4) is 0 Å². The van der Waals surface area contributed by atoms with E-state index in [4.69, 9.17) is 0 Å². The number of nitro benzene ring substituents is 1. The smallest absolute Gasteiger partial charge is 0.280 e. The van der Waals surface area contributed by atoms with Crippen LogP contribution in [0.15, 0.2) is 18.2 Å². The lowest BCUT2D eigenvalue weighted by Crippen LogP contribution is -2.25. The van der Waals surface area contributed by atoms with Crippen LogP contribution in [0.5, 0.6) is 0 Å². The fourth-order valence-electron chi connectivity index (χ4n) is 1.63. The van der Waals surface area contributed by atoms with Crippen molar-refractivity contribution in [1.82, 2.24) is 0 Å². The molecular formula is C12H16N2O5S. The van der Waals surface area contributed by atoms with Gasteiger partial charge in [-0.25, -0.2) is 8.42 Å². The molecule has 0 unspecified atom stereocenters. The molecule has 0 aromatic heterocycles. The lowest BCUT2D eigenvalue weighted by atomic mass is 10.1. The predicted octanol–water partition coefficient (Wildman–Crippen LogP) is 1.28. The first kappa shape index (κ1) is 16.1. The van der Waals surface area contributed by atoms with E-state index < -0.39 is 20.5 Å². The summed E-state index contributed by atoms with van der Waals surface area (Å²) in [6.07, 6.45) is 1.14. The number of ketones is 1. The van der Waals surface area contributed by atoms with Crippen LogP contribution < -0.4 is 4.90 Å². The zero-order chi connectivity index (χ0) is 15.5. The molecule has 0 bridgehead atoms. The molecule has 0 aliphatic heterocycles. The molecule has 1 rings (SSSR count). The van der Waals surface area contributed by atoms with Gasteiger partial charge in [-0.1, -0.05) is 0 Å². The average Bonchev–Trinajstić information content (AvgIpc) is 2.34. The Labute approximate surface area is 117 Å². The Morgan fingerprint density at radius 1 is 1.40 bits per heavy atom. The summed E-state index contributed by atoms with van der Waals surface area (Å²) in [5, 5.41) is 10.8. The molecule has 0 saturated carbocycles. The first-order valence-electron chi connectivity index (χ1n) is 5.80. The Morgan fingerprint density at radius 3 is 2.45 bits per heavy atom. The van der Waals surface area contributed by atoms with Crippen molar-refractivity contribution in [2.75, 3.05) is 30.5 Å². The van der Waals surface area contributed by atoms with Gasteiger partial charge >= 0.3 is 0 Å². The molecule has 110 valence electrons. The van der Waals surface area contributed by atoms with Crippen molar-refractivity contribution in [2.24, 2.45) is 0 Å². The van der Waals surface area contributed by atoms with E-state index >= 15 is 0 Å². The number of anilines is 1. The number of carbonyl (C=O) groups excluding carboxylic acids is 1. The number of carbonyl (C=O) groups is 1. The zero-order valence-electron chi connectivity index (χ0n) is 11.5. The summed E-state index contributed by atoms with van der Waals surface area (Å²) in [6, 6.07) is 4.15. The molecule has 0 fully saturated rings. The molecule has 0 radical (unpaired) electrons. The Bertz CT molecular complexity index is 639.